The Hall–Kier alpha value is -1.22. The summed E-state index contributed by atoms with van der Waals surface area (Å²) in [4.78, 5) is 0. The predicted molar refractivity (Wildman–Crippen MR) is 169 cm³/mol. The molecular weight excluding hydrogens is 506 g/mol. The lowest BCUT2D eigenvalue weighted by atomic mass is 9.55. The van der Waals surface area contributed by atoms with Crippen molar-refractivity contribution in [3.05, 3.63) is 84.2 Å². The Morgan fingerprint density at radius 1 is 0.487 bits per heavy atom. The van der Waals surface area contributed by atoms with Gasteiger partial charge in [-0.2, -0.15) is 0 Å². The molecule has 8 fully saturated rings. The van der Waals surface area contributed by atoms with Crippen LogP contribution in [0.15, 0.2) is 84.2 Å². The van der Waals surface area contributed by atoms with Gasteiger partial charge in [0, 0.05) is 5.66 Å². The van der Waals surface area contributed by atoms with E-state index in [0.717, 1.165) is 58.7 Å². The molecular formula is C37H44P2. The molecule has 202 valence electrons. The molecule has 8 bridgehead atoms. The van der Waals surface area contributed by atoms with Gasteiger partial charge in [0.15, 0.2) is 0 Å². The van der Waals surface area contributed by atoms with E-state index in [0.29, 0.717) is 5.66 Å². The van der Waals surface area contributed by atoms with Crippen LogP contribution < -0.4 is 10.6 Å². The van der Waals surface area contributed by atoms with E-state index in [2.05, 4.69) is 78.9 Å². The Balaban J connectivity index is 1.15. The topological polar surface area (TPSA) is 0 Å². The maximum atomic E-state index is 2.72. The van der Waals surface area contributed by atoms with E-state index in [1.807, 2.05) is 5.31 Å². The number of allylic oxidation sites excluding steroid dienone is 4. The maximum Gasteiger partial charge on any atom is 0.0309 e. The van der Waals surface area contributed by atoms with Crippen molar-refractivity contribution in [1.82, 2.24) is 0 Å². The molecule has 39 heavy (non-hydrogen) atoms. The van der Waals surface area contributed by atoms with Crippen LogP contribution in [-0.4, -0.2) is 17.0 Å². The van der Waals surface area contributed by atoms with Crippen molar-refractivity contribution in [3.63, 3.8) is 0 Å². The van der Waals surface area contributed by atoms with E-state index >= 15 is 0 Å². The standard InChI is InChI=1S/C37H44P2/c1-3-8-32(9-4-1)38(33-10-5-2-6-11-33)34-12-7-13-35(34)39(36-28-16-24-14-25(18-28)19-29(36)17-24)37-30-20-26-15-27(22-30)23-31(37)21-26/h1-13,24-31,34,36-37H,14-23H2. The fraction of sp³-hybridized carbons (Fsp3) is 0.568. The average Bonchev–Trinajstić information content (AvgIpc) is 3.41. The van der Waals surface area contributed by atoms with Gasteiger partial charge >= 0.3 is 0 Å². The predicted octanol–water partition coefficient (Wildman–Crippen LogP) is 9.07. The Morgan fingerprint density at radius 3 is 1.31 bits per heavy atom. The second-order valence-corrected chi connectivity index (χ2v) is 19.6. The molecule has 11 rings (SSSR count). The molecule has 1 atom stereocenters. The summed E-state index contributed by atoms with van der Waals surface area (Å²) in [7, 11) is -0.534. The van der Waals surface area contributed by atoms with Crippen LogP contribution >= 0.6 is 15.8 Å². The summed E-state index contributed by atoms with van der Waals surface area (Å²) in [6.45, 7) is 0. The molecule has 9 aliphatic rings. The van der Waals surface area contributed by atoms with Crippen LogP contribution in [0, 0.1) is 47.3 Å². The lowest BCUT2D eigenvalue weighted by Crippen LogP contribution is -2.53. The van der Waals surface area contributed by atoms with Gasteiger partial charge in [0.25, 0.3) is 0 Å². The van der Waals surface area contributed by atoms with E-state index in [4.69, 9.17) is 0 Å². The minimum Gasteiger partial charge on any atom is -0.0721 e. The van der Waals surface area contributed by atoms with E-state index in [9.17, 15) is 0 Å². The van der Waals surface area contributed by atoms with Gasteiger partial charge in [0.2, 0.25) is 0 Å². The number of hydrogen-bond acceptors (Lipinski definition) is 0. The van der Waals surface area contributed by atoms with Gasteiger partial charge in [0.1, 0.15) is 0 Å². The third kappa shape index (κ3) is 4.05. The molecule has 2 aromatic carbocycles. The van der Waals surface area contributed by atoms with Crippen LogP contribution in [0.4, 0.5) is 0 Å². The zero-order valence-electron chi connectivity index (χ0n) is 23.3. The highest BCUT2D eigenvalue weighted by atomic mass is 31.1. The monoisotopic (exact) mass is 550 g/mol. The fourth-order valence-electron chi connectivity index (χ4n) is 11.8. The molecule has 0 aliphatic heterocycles. The SMILES string of the molecule is C1=CC(P(c2ccccc2)c2ccccc2)C(P(C2C3CC4CC(C3)CC2C4)C2C3CC4CC(C3)CC2C4)=C1. The third-order valence-electron chi connectivity index (χ3n) is 12.5. The van der Waals surface area contributed by atoms with Gasteiger partial charge in [-0.3, -0.25) is 0 Å². The summed E-state index contributed by atoms with van der Waals surface area (Å²) in [5.74, 6) is 8.51. The normalized spacial score (nSPS) is 43.8. The largest absolute Gasteiger partial charge is 0.0721 e. The molecule has 0 spiro atoms. The van der Waals surface area contributed by atoms with Gasteiger partial charge in [0.05, 0.1) is 0 Å². The summed E-state index contributed by atoms with van der Waals surface area (Å²) in [6, 6.07) is 23.3. The van der Waals surface area contributed by atoms with E-state index in [1.165, 1.54) is 0 Å². The molecule has 0 N–H and O–H groups in total. The summed E-state index contributed by atoms with van der Waals surface area (Å²) in [5.41, 5.74) is 2.67. The summed E-state index contributed by atoms with van der Waals surface area (Å²) in [6.07, 6.45) is 23.7. The van der Waals surface area contributed by atoms with Crippen molar-refractivity contribution in [2.45, 2.75) is 81.2 Å². The van der Waals surface area contributed by atoms with Crippen LogP contribution in [0.25, 0.3) is 0 Å². The number of benzene rings is 2. The Labute approximate surface area is 238 Å². The minimum atomic E-state index is -0.434. The number of rotatable bonds is 6. The summed E-state index contributed by atoms with van der Waals surface area (Å²) < 4.78 is 0. The van der Waals surface area contributed by atoms with E-state index in [1.54, 1.807) is 74.8 Å². The van der Waals surface area contributed by atoms with Crippen LogP contribution in [0.2, 0.25) is 0 Å². The second-order valence-electron chi connectivity index (χ2n) is 14.7. The van der Waals surface area contributed by atoms with Crippen molar-refractivity contribution >= 4 is 26.5 Å². The van der Waals surface area contributed by atoms with Gasteiger partial charge in [-0.15, -0.1) is 0 Å². The third-order valence-corrected chi connectivity index (χ3v) is 19.4. The zero-order valence-corrected chi connectivity index (χ0v) is 25.1. The molecule has 2 heteroatoms. The van der Waals surface area contributed by atoms with E-state index in [-0.39, 0.29) is 7.92 Å². The summed E-state index contributed by atoms with van der Waals surface area (Å²) in [5, 5.41) is 5.11. The first-order chi connectivity index (χ1) is 19.3. The highest BCUT2D eigenvalue weighted by Gasteiger charge is 2.58. The van der Waals surface area contributed by atoms with Gasteiger partial charge < -0.3 is 0 Å². The maximum absolute atomic E-state index is 2.72. The number of hydrogen-bond donors (Lipinski definition) is 0. The molecule has 0 amide bonds. The highest BCUT2D eigenvalue weighted by Crippen LogP contribution is 2.75. The molecule has 1 unspecified atom stereocenters. The van der Waals surface area contributed by atoms with Crippen molar-refractivity contribution in [2.24, 2.45) is 47.3 Å². The molecule has 0 nitrogen and oxygen atoms in total. The first-order valence-electron chi connectivity index (χ1n) is 16.3. The Bertz CT molecular complexity index is 1120. The lowest BCUT2D eigenvalue weighted by Gasteiger charge is -2.63. The van der Waals surface area contributed by atoms with Gasteiger partial charge in [-0.1, -0.05) is 86.8 Å². The van der Waals surface area contributed by atoms with Crippen LogP contribution in [0.5, 0.6) is 0 Å². The lowest BCUT2D eigenvalue weighted by molar-refractivity contribution is 0.0134. The molecule has 0 aromatic heterocycles. The van der Waals surface area contributed by atoms with Crippen molar-refractivity contribution in [3.8, 4) is 0 Å². The van der Waals surface area contributed by atoms with Crippen LogP contribution in [-0.2, 0) is 0 Å². The van der Waals surface area contributed by atoms with Crippen molar-refractivity contribution in [1.29, 1.82) is 0 Å². The van der Waals surface area contributed by atoms with Crippen LogP contribution in [0.1, 0.15) is 64.2 Å². The first-order valence-corrected chi connectivity index (χ1v) is 19.2. The van der Waals surface area contributed by atoms with Gasteiger partial charge in [-0.05, 0) is 147 Å². The Kier molecular flexibility index (Phi) is 6.05. The first kappa shape index (κ1) is 24.4. The zero-order chi connectivity index (χ0) is 25.5. The van der Waals surface area contributed by atoms with Crippen molar-refractivity contribution in [2.75, 3.05) is 0 Å². The summed E-state index contributed by atoms with van der Waals surface area (Å²) >= 11 is 0. The fourth-order valence-corrected chi connectivity index (χ4v) is 19.6. The van der Waals surface area contributed by atoms with Crippen LogP contribution in [0.3, 0.4) is 0 Å². The average molecular weight is 551 g/mol. The van der Waals surface area contributed by atoms with Crippen molar-refractivity contribution < 1.29 is 0 Å². The molecule has 0 radical (unpaired) electrons. The molecule has 8 saturated carbocycles. The van der Waals surface area contributed by atoms with E-state index < -0.39 is 7.92 Å². The second kappa shape index (κ2) is 9.67. The quantitative estimate of drug-likeness (QED) is 0.315. The highest BCUT2D eigenvalue weighted by molar-refractivity contribution is 7.75. The molecule has 0 saturated heterocycles. The van der Waals surface area contributed by atoms with Gasteiger partial charge in [-0.25, -0.2) is 0 Å². The Morgan fingerprint density at radius 2 is 0.897 bits per heavy atom. The molecule has 0 heterocycles. The smallest absolute Gasteiger partial charge is 0.0309 e. The molecule has 2 aromatic rings. The minimum absolute atomic E-state index is 0.0993. The molecule has 9 aliphatic carbocycles.